The SMILES string of the molecule is CC(NC(=O)C1Cc2ccccc2CN1CCOc1cccc(F)c1)c1ccc(C(=O)O)cc1. The highest BCUT2D eigenvalue weighted by Crippen LogP contribution is 2.24. The summed E-state index contributed by atoms with van der Waals surface area (Å²) in [5, 5.41) is 12.2. The summed E-state index contributed by atoms with van der Waals surface area (Å²) in [5.74, 6) is -0.987. The van der Waals surface area contributed by atoms with E-state index in [1.807, 2.05) is 25.1 Å². The average Bonchev–Trinajstić information content (AvgIpc) is 2.83. The average molecular weight is 463 g/mol. The predicted molar refractivity (Wildman–Crippen MR) is 126 cm³/mol. The maximum absolute atomic E-state index is 13.4. The van der Waals surface area contributed by atoms with Crippen molar-refractivity contribution >= 4 is 11.9 Å². The zero-order valence-electron chi connectivity index (χ0n) is 18.9. The molecular weight excluding hydrogens is 435 g/mol. The van der Waals surface area contributed by atoms with Crippen molar-refractivity contribution < 1.29 is 23.8 Å². The molecule has 176 valence electrons. The zero-order valence-corrected chi connectivity index (χ0v) is 18.9. The second kappa shape index (κ2) is 10.5. The quantitative estimate of drug-likeness (QED) is 0.524. The number of nitrogens with one attached hydrogen (secondary N) is 1. The zero-order chi connectivity index (χ0) is 24.1. The van der Waals surface area contributed by atoms with Crippen molar-refractivity contribution in [2.24, 2.45) is 0 Å². The number of carboxylic acid groups (broad SMARTS) is 1. The number of hydrogen-bond acceptors (Lipinski definition) is 4. The first-order chi connectivity index (χ1) is 16.4. The van der Waals surface area contributed by atoms with E-state index in [-0.39, 0.29) is 29.4 Å². The third-order valence-corrected chi connectivity index (χ3v) is 6.11. The van der Waals surface area contributed by atoms with Crippen LogP contribution in [-0.2, 0) is 17.8 Å². The van der Waals surface area contributed by atoms with Crippen LogP contribution < -0.4 is 10.1 Å². The molecule has 7 heteroatoms. The van der Waals surface area contributed by atoms with Gasteiger partial charge in [-0.15, -0.1) is 0 Å². The summed E-state index contributed by atoms with van der Waals surface area (Å²) >= 11 is 0. The number of carboxylic acids is 1. The molecule has 1 amide bonds. The molecule has 0 spiro atoms. The van der Waals surface area contributed by atoms with Crippen LogP contribution in [0, 0.1) is 5.82 Å². The Kier molecular flexibility index (Phi) is 7.23. The molecule has 34 heavy (non-hydrogen) atoms. The molecule has 0 fully saturated rings. The molecule has 2 N–H and O–H groups in total. The van der Waals surface area contributed by atoms with Gasteiger partial charge in [-0.05, 0) is 54.3 Å². The van der Waals surface area contributed by atoms with Gasteiger partial charge < -0.3 is 15.2 Å². The molecule has 6 nitrogen and oxygen atoms in total. The van der Waals surface area contributed by atoms with Crippen LogP contribution in [0.15, 0.2) is 72.8 Å². The second-order valence-corrected chi connectivity index (χ2v) is 8.42. The van der Waals surface area contributed by atoms with Gasteiger partial charge in [-0.1, -0.05) is 42.5 Å². The van der Waals surface area contributed by atoms with E-state index in [1.54, 1.807) is 24.3 Å². The maximum Gasteiger partial charge on any atom is 0.335 e. The number of aromatic carboxylic acids is 1. The Morgan fingerprint density at radius 1 is 1.09 bits per heavy atom. The fourth-order valence-corrected chi connectivity index (χ4v) is 4.22. The van der Waals surface area contributed by atoms with Crippen LogP contribution in [0.4, 0.5) is 4.39 Å². The van der Waals surface area contributed by atoms with Crippen molar-refractivity contribution in [2.75, 3.05) is 13.2 Å². The van der Waals surface area contributed by atoms with E-state index in [0.717, 1.165) is 11.1 Å². The number of rotatable bonds is 8. The lowest BCUT2D eigenvalue weighted by atomic mass is 9.93. The van der Waals surface area contributed by atoms with Gasteiger partial charge in [0.25, 0.3) is 0 Å². The van der Waals surface area contributed by atoms with Gasteiger partial charge in [-0.3, -0.25) is 9.69 Å². The summed E-state index contributed by atoms with van der Waals surface area (Å²) in [6.45, 7) is 3.32. The Bertz CT molecular complexity index is 1170. The minimum absolute atomic E-state index is 0.102. The van der Waals surface area contributed by atoms with Crippen molar-refractivity contribution in [1.29, 1.82) is 0 Å². The Balaban J connectivity index is 1.44. The maximum atomic E-state index is 13.4. The van der Waals surface area contributed by atoms with Gasteiger partial charge in [-0.2, -0.15) is 0 Å². The van der Waals surface area contributed by atoms with Crippen molar-refractivity contribution in [3.63, 3.8) is 0 Å². The summed E-state index contributed by atoms with van der Waals surface area (Å²) in [7, 11) is 0. The summed E-state index contributed by atoms with van der Waals surface area (Å²) < 4.78 is 19.2. The first-order valence-corrected chi connectivity index (χ1v) is 11.2. The van der Waals surface area contributed by atoms with E-state index in [0.29, 0.717) is 31.9 Å². The van der Waals surface area contributed by atoms with Crippen LogP contribution in [0.5, 0.6) is 5.75 Å². The van der Waals surface area contributed by atoms with Crippen LogP contribution >= 0.6 is 0 Å². The smallest absolute Gasteiger partial charge is 0.335 e. The number of ether oxygens (including phenoxy) is 1. The lowest BCUT2D eigenvalue weighted by Crippen LogP contribution is -2.51. The molecule has 0 radical (unpaired) electrons. The van der Waals surface area contributed by atoms with Gasteiger partial charge >= 0.3 is 5.97 Å². The standard InChI is InChI=1S/C27H27FN2O4/c1-18(19-9-11-20(12-10-19)27(32)33)29-26(31)25-15-21-5-2-3-6-22(21)17-30(25)13-14-34-24-8-4-7-23(28)16-24/h2-12,16,18,25H,13-15,17H2,1H3,(H,29,31)(H,32,33). The van der Waals surface area contributed by atoms with E-state index in [1.165, 1.54) is 29.8 Å². The highest BCUT2D eigenvalue weighted by molar-refractivity contribution is 5.87. The molecule has 0 bridgehead atoms. The van der Waals surface area contributed by atoms with E-state index < -0.39 is 5.97 Å². The molecule has 0 aliphatic carbocycles. The number of fused-ring (bicyclic) bond motifs is 1. The topological polar surface area (TPSA) is 78.9 Å². The van der Waals surface area contributed by atoms with E-state index in [9.17, 15) is 14.0 Å². The Labute approximate surface area is 198 Å². The lowest BCUT2D eigenvalue weighted by Gasteiger charge is -2.36. The largest absolute Gasteiger partial charge is 0.492 e. The van der Waals surface area contributed by atoms with Gasteiger partial charge in [0, 0.05) is 19.2 Å². The van der Waals surface area contributed by atoms with Gasteiger partial charge in [-0.25, -0.2) is 9.18 Å². The predicted octanol–water partition coefficient (Wildman–Crippen LogP) is 4.21. The summed E-state index contributed by atoms with van der Waals surface area (Å²) in [4.78, 5) is 26.5. The molecule has 3 aromatic carbocycles. The summed E-state index contributed by atoms with van der Waals surface area (Å²) in [6.07, 6.45) is 0.576. The third kappa shape index (κ3) is 5.61. The van der Waals surface area contributed by atoms with E-state index in [2.05, 4.69) is 16.3 Å². The molecular formula is C27H27FN2O4. The molecule has 3 aromatic rings. The fourth-order valence-electron chi connectivity index (χ4n) is 4.22. The second-order valence-electron chi connectivity index (χ2n) is 8.42. The number of carbonyl (C=O) groups excluding carboxylic acids is 1. The van der Waals surface area contributed by atoms with Crippen molar-refractivity contribution in [2.45, 2.75) is 32.0 Å². The number of carbonyl (C=O) groups is 2. The highest BCUT2D eigenvalue weighted by atomic mass is 19.1. The molecule has 1 aliphatic heterocycles. The van der Waals surface area contributed by atoms with Gasteiger partial charge in [0.15, 0.2) is 0 Å². The van der Waals surface area contributed by atoms with Gasteiger partial charge in [0.1, 0.15) is 18.2 Å². The van der Waals surface area contributed by atoms with Crippen LogP contribution in [0.3, 0.4) is 0 Å². The Morgan fingerprint density at radius 3 is 2.53 bits per heavy atom. The highest BCUT2D eigenvalue weighted by Gasteiger charge is 2.32. The van der Waals surface area contributed by atoms with Gasteiger partial charge in [0.05, 0.1) is 17.6 Å². The Hall–Kier alpha value is -3.71. The molecule has 0 saturated heterocycles. The van der Waals surface area contributed by atoms with E-state index in [4.69, 9.17) is 9.84 Å². The minimum atomic E-state index is -0.986. The number of halogens is 1. The number of benzene rings is 3. The van der Waals surface area contributed by atoms with Crippen molar-refractivity contribution in [3.8, 4) is 5.75 Å². The number of amides is 1. The molecule has 2 unspecified atom stereocenters. The molecule has 2 atom stereocenters. The molecule has 0 saturated carbocycles. The minimum Gasteiger partial charge on any atom is -0.492 e. The van der Waals surface area contributed by atoms with E-state index >= 15 is 0 Å². The normalized spacial score (nSPS) is 16.4. The first-order valence-electron chi connectivity index (χ1n) is 11.2. The van der Waals surface area contributed by atoms with Crippen molar-refractivity contribution in [3.05, 3.63) is 101 Å². The lowest BCUT2D eigenvalue weighted by molar-refractivity contribution is -0.127. The number of hydrogen-bond donors (Lipinski definition) is 2. The molecule has 1 aliphatic rings. The Morgan fingerprint density at radius 2 is 1.82 bits per heavy atom. The summed E-state index contributed by atoms with van der Waals surface area (Å²) in [5.41, 5.74) is 3.35. The van der Waals surface area contributed by atoms with Crippen molar-refractivity contribution in [1.82, 2.24) is 10.2 Å². The fraction of sp³-hybridized carbons (Fsp3) is 0.259. The monoisotopic (exact) mass is 462 g/mol. The number of nitrogens with zero attached hydrogens (tertiary/aromatic N) is 1. The van der Waals surface area contributed by atoms with Crippen LogP contribution in [-0.4, -0.2) is 41.1 Å². The van der Waals surface area contributed by atoms with Crippen LogP contribution in [0.2, 0.25) is 0 Å². The third-order valence-electron chi connectivity index (χ3n) is 6.11. The van der Waals surface area contributed by atoms with Gasteiger partial charge in [0.2, 0.25) is 5.91 Å². The summed E-state index contributed by atoms with van der Waals surface area (Å²) in [6, 6.07) is 19.9. The molecule has 1 heterocycles. The molecule has 4 rings (SSSR count). The van der Waals surface area contributed by atoms with Crippen LogP contribution in [0.1, 0.15) is 40.0 Å². The van der Waals surface area contributed by atoms with Crippen LogP contribution in [0.25, 0.3) is 0 Å². The molecule has 0 aromatic heterocycles. The first kappa shape index (κ1) is 23.4.